The van der Waals surface area contributed by atoms with Crippen molar-refractivity contribution in [3.63, 3.8) is 0 Å². The third-order valence-electron chi connectivity index (χ3n) is 7.48. The summed E-state index contributed by atoms with van der Waals surface area (Å²) in [6.45, 7) is 0.324. The maximum Gasteiger partial charge on any atom is 0.416 e. The van der Waals surface area contributed by atoms with Gasteiger partial charge < -0.3 is 14.8 Å². The lowest BCUT2D eigenvalue weighted by Crippen LogP contribution is -2.54. The maximum absolute atomic E-state index is 13.4. The lowest BCUT2D eigenvalue weighted by Gasteiger charge is -2.42. The molecule has 210 valence electrons. The quantitative estimate of drug-likeness (QED) is 0.366. The molecule has 3 heterocycles. The van der Waals surface area contributed by atoms with Crippen LogP contribution in [0.2, 0.25) is 0 Å². The number of hydrogen-bond acceptors (Lipinski definition) is 5. The normalized spacial score (nSPS) is 25.3. The van der Waals surface area contributed by atoms with Gasteiger partial charge in [0.05, 0.1) is 36.0 Å². The van der Waals surface area contributed by atoms with Gasteiger partial charge in [-0.3, -0.25) is 4.68 Å². The number of aryl methyl sites for hydroxylation is 1. The number of ether oxygens (including phenoxy) is 2. The second-order valence-electron chi connectivity index (χ2n) is 10.2. The maximum atomic E-state index is 13.4. The first-order chi connectivity index (χ1) is 18.4. The van der Waals surface area contributed by atoms with Gasteiger partial charge >= 0.3 is 12.4 Å². The second-order valence-corrected chi connectivity index (χ2v) is 10.2. The standard InChI is InChI=1S/C27H28F6N4O2/c1-37-16-34-24(36-37)15-38-14-18-12-25(19-5-3-2-4-6-19)23(8-7-22(18)35-25)39-13-17-9-20(26(28,29)30)11-21(10-17)27(31,32)33/h2-6,9-11,16,18,22-23,35H,7-8,12-15H2,1H3/t18-,22-,23+,25+/m0/s1. The van der Waals surface area contributed by atoms with Gasteiger partial charge in [0.25, 0.3) is 0 Å². The molecule has 2 bridgehead atoms. The summed E-state index contributed by atoms with van der Waals surface area (Å²) in [6.07, 6.45) is -6.74. The average Bonchev–Trinajstić information content (AvgIpc) is 3.44. The summed E-state index contributed by atoms with van der Waals surface area (Å²) in [5.41, 5.74) is -2.58. The Morgan fingerprint density at radius 1 is 0.974 bits per heavy atom. The Hall–Kier alpha value is -2.96. The Balaban J connectivity index is 1.35. The fraction of sp³-hybridized carbons (Fsp3) is 0.481. The monoisotopic (exact) mass is 554 g/mol. The van der Waals surface area contributed by atoms with Crippen molar-refractivity contribution < 1.29 is 35.8 Å². The van der Waals surface area contributed by atoms with E-state index >= 15 is 0 Å². The molecule has 0 radical (unpaired) electrons. The summed E-state index contributed by atoms with van der Waals surface area (Å²) >= 11 is 0. The highest BCUT2D eigenvalue weighted by molar-refractivity contribution is 5.34. The van der Waals surface area contributed by atoms with Gasteiger partial charge in [-0.25, -0.2) is 4.98 Å². The van der Waals surface area contributed by atoms with E-state index in [1.54, 1.807) is 18.1 Å². The summed E-state index contributed by atoms with van der Waals surface area (Å²) in [7, 11) is 1.77. The molecule has 1 aromatic heterocycles. The van der Waals surface area contributed by atoms with Crippen LogP contribution in [0.3, 0.4) is 0 Å². The van der Waals surface area contributed by atoms with Crippen molar-refractivity contribution in [2.24, 2.45) is 13.0 Å². The number of halogens is 6. The first-order valence-electron chi connectivity index (χ1n) is 12.6. The molecule has 2 fully saturated rings. The van der Waals surface area contributed by atoms with E-state index in [2.05, 4.69) is 15.4 Å². The van der Waals surface area contributed by atoms with Crippen molar-refractivity contribution in [3.05, 3.63) is 82.9 Å². The van der Waals surface area contributed by atoms with Gasteiger partial charge in [0, 0.05) is 13.1 Å². The van der Waals surface area contributed by atoms with Crippen LogP contribution >= 0.6 is 0 Å². The molecule has 4 atom stereocenters. The zero-order chi connectivity index (χ0) is 27.8. The highest BCUT2D eigenvalue weighted by Crippen LogP contribution is 2.48. The van der Waals surface area contributed by atoms with Gasteiger partial charge in [0.1, 0.15) is 12.9 Å². The predicted octanol–water partition coefficient (Wildman–Crippen LogP) is 5.62. The number of nitrogens with zero attached hydrogens (tertiary/aromatic N) is 3. The SMILES string of the molecule is Cn1cnc(COC[C@@H]2C[C@]3(c4ccccc4)N[C@H]2CC[C@H]3OCc2cc(C(F)(F)F)cc(C(F)(F)F)c2)n1. The molecule has 0 unspecified atom stereocenters. The van der Waals surface area contributed by atoms with Crippen LogP contribution < -0.4 is 5.32 Å². The van der Waals surface area contributed by atoms with E-state index in [-0.39, 0.29) is 36.8 Å². The molecular weight excluding hydrogens is 526 g/mol. The molecule has 6 nitrogen and oxygen atoms in total. The number of alkyl halides is 6. The van der Waals surface area contributed by atoms with Gasteiger partial charge in [0.15, 0.2) is 5.82 Å². The Labute approximate surface area is 221 Å². The van der Waals surface area contributed by atoms with Crippen molar-refractivity contribution in [1.82, 2.24) is 20.1 Å². The predicted molar refractivity (Wildman–Crippen MR) is 128 cm³/mol. The van der Waals surface area contributed by atoms with E-state index in [1.807, 2.05) is 30.3 Å². The van der Waals surface area contributed by atoms with Crippen LogP contribution in [0.25, 0.3) is 0 Å². The van der Waals surface area contributed by atoms with Crippen molar-refractivity contribution in [3.8, 4) is 0 Å². The van der Waals surface area contributed by atoms with E-state index in [9.17, 15) is 26.3 Å². The van der Waals surface area contributed by atoms with Gasteiger partial charge in [-0.1, -0.05) is 30.3 Å². The zero-order valence-electron chi connectivity index (χ0n) is 21.1. The summed E-state index contributed by atoms with van der Waals surface area (Å²) in [5, 5.41) is 7.89. The molecule has 0 spiro atoms. The first-order valence-corrected chi connectivity index (χ1v) is 12.6. The number of hydrogen-bond donors (Lipinski definition) is 1. The van der Waals surface area contributed by atoms with E-state index in [0.717, 1.165) is 24.1 Å². The van der Waals surface area contributed by atoms with Crippen molar-refractivity contribution in [2.45, 2.75) is 62.5 Å². The molecule has 0 saturated carbocycles. The Kier molecular flexibility index (Phi) is 7.47. The molecule has 1 N–H and O–H groups in total. The minimum absolute atomic E-state index is 0.118. The molecule has 3 aromatic rings. The van der Waals surface area contributed by atoms with Crippen LogP contribution in [0.1, 0.15) is 47.3 Å². The number of rotatable bonds is 8. The number of aromatic nitrogens is 3. The highest BCUT2D eigenvalue weighted by Gasteiger charge is 2.54. The molecule has 12 heteroatoms. The highest BCUT2D eigenvalue weighted by atomic mass is 19.4. The number of nitrogens with one attached hydrogen (secondary N) is 1. The summed E-state index contributed by atoms with van der Waals surface area (Å²) in [6, 6.07) is 11.3. The Morgan fingerprint density at radius 3 is 2.28 bits per heavy atom. The van der Waals surface area contributed by atoms with Gasteiger partial charge in [-0.15, -0.1) is 0 Å². The minimum Gasteiger partial charge on any atom is -0.373 e. The molecule has 39 heavy (non-hydrogen) atoms. The summed E-state index contributed by atoms with van der Waals surface area (Å²) < 4.78 is 93.8. The van der Waals surface area contributed by atoms with Crippen molar-refractivity contribution >= 4 is 0 Å². The lowest BCUT2D eigenvalue weighted by molar-refractivity contribution is -0.143. The molecule has 0 aliphatic carbocycles. The Bertz CT molecular complexity index is 1250. The van der Waals surface area contributed by atoms with Crippen LogP contribution in [0.5, 0.6) is 0 Å². The smallest absolute Gasteiger partial charge is 0.373 e. The van der Waals surface area contributed by atoms with E-state index in [0.29, 0.717) is 25.3 Å². The minimum atomic E-state index is -4.91. The van der Waals surface area contributed by atoms with E-state index in [4.69, 9.17) is 9.47 Å². The van der Waals surface area contributed by atoms with E-state index < -0.39 is 35.1 Å². The molecule has 2 aliphatic heterocycles. The van der Waals surface area contributed by atoms with Crippen LogP contribution in [0, 0.1) is 5.92 Å². The molecule has 2 aromatic carbocycles. The van der Waals surface area contributed by atoms with Crippen LogP contribution in [0.15, 0.2) is 54.9 Å². The van der Waals surface area contributed by atoms with E-state index in [1.165, 1.54) is 0 Å². The van der Waals surface area contributed by atoms with Gasteiger partial charge in [-0.2, -0.15) is 31.4 Å². The van der Waals surface area contributed by atoms with Gasteiger partial charge in [0.2, 0.25) is 0 Å². The zero-order valence-corrected chi connectivity index (χ0v) is 21.1. The molecule has 5 rings (SSSR count). The van der Waals surface area contributed by atoms with Gasteiger partial charge in [-0.05, 0) is 54.5 Å². The molecule has 0 amide bonds. The topological polar surface area (TPSA) is 61.2 Å². The number of benzene rings is 2. The van der Waals surface area contributed by atoms with Crippen LogP contribution in [0.4, 0.5) is 26.3 Å². The third-order valence-corrected chi connectivity index (χ3v) is 7.48. The summed E-state index contributed by atoms with van der Waals surface area (Å²) in [5.74, 6) is 0.692. The summed E-state index contributed by atoms with van der Waals surface area (Å²) in [4.78, 5) is 4.17. The van der Waals surface area contributed by atoms with Crippen molar-refractivity contribution in [1.29, 1.82) is 0 Å². The van der Waals surface area contributed by atoms with Crippen LogP contribution in [-0.2, 0) is 47.6 Å². The second kappa shape index (κ2) is 10.5. The molecule has 2 aliphatic rings. The Morgan fingerprint density at radius 2 is 1.67 bits per heavy atom. The molecule has 2 saturated heterocycles. The average molecular weight is 555 g/mol. The number of piperidine rings is 1. The van der Waals surface area contributed by atoms with Crippen molar-refractivity contribution in [2.75, 3.05) is 6.61 Å². The fourth-order valence-corrected chi connectivity index (χ4v) is 5.75. The lowest BCUT2D eigenvalue weighted by atomic mass is 9.80. The van der Waals surface area contributed by atoms with Crippen LogP contribution in [-0.4, -0.2) is 33.5 Å². The fourth-order valence-electron chi connectivity index (χ4n) is 5.75. The third kappa shape index (κ3) is 5.97. The largest absolute Gasteiger partial charge is 0.416 e. The number of fused-ring (bicyclic) bond motifs is 2. The molecular formula is C27H28F6N4O2. The first kappa shape index (κ1) is 27.6.